The second-order valence-corrected chi connectivity index (χ2v) is 16.1. The predicted octanol–water partition coefficient (Wildman–Crippen LogP) is 4.49. The van der Waals surface area contributed by atoms with Gasteiger partial charge in [0.2, 0.25) is 11.8 Å². The number of imide groups is 1. The molecule has 1 atom stereocenters. The van der Waals surface area contributed by atoms with Crippen LogP contribution in [0.3, 0.4) is 0 Å². The molecular weight excluding hydrogens is 735 g/mol. The predicted molar refractivity (Wildman–Crippen MR) is 221 cm³/mol. The highest BCUT2D eigenvalue weighted by molar-refractivity contribution is 6.00. The van der Waals surface area contributed by atoms with E-state index in [9.17, 15) is 14.4 Å². The molecule has 58 heavy (non-hydrogen) atoms. The first kappa shape index (κ1) is 36.3. The number of hydrogen-bond acceptors (Lipinski definition) is 11. The Bertz CT molecular complexity index is 2560. The Hall–Kier alpha value is -6.06. The summed E-state index contributed by atoms with van der Waals surface area (Å²) in [6.07, 6.45) is 6.37. The molecule has 15 nitrogen and oxygen atoms in total. The number of ether oxygens (including phenoxy) is 1. The molecule has 2 amide bonds. The SMILES string of the molecule is Cn1c(=O)n(C2CCC(=O)NC2=O)c2ccc(N3CC(N4CCN(C5CCC(n6nc(-c7ccc(Oc8ccccc8)cc7)c7c(N)ncnc76)CC5)CC4)C3)cc21. The highest BCUT2D eigenvalue weighted by Crippen LogP contribution is 2.38. The summed E-state index contributed by atoms with van der Waals surface area (Å²) in [5, 5.41) is 8.32. The number of piperazine rings is 1. The summed E-state index contributed by atoms with van der Waals surface area (Å²) in [5.74, 6) is 1.27. The molecule has 1 aliphatic carbocycles. The molecule has 4 aliphatic rings. The van der Waals surface area contributed by atoms with Gasteiger partial charge in [0, 0.05) is 76.1 Å². The molecule has 6 heterocycles. The molecule has 0 spiro atoms. The molecule has 1 saturated carbocycles. The van der Waals surface area contributed by atoms with Crippen LogP contribution in [0.2, 0.25) is 0 Å². The maximum atomic E-state index is 13.2. The molecule has 10 rings (SSSR count). The number of fused-ring (bicyclic) bond motifs is 2. The van der Waals surface area contributed by atoms with Crippen LogP contribution < -0.4 is 26.4 Å². The van der Waals surface area contributed by atoms with E-state index in [-0.39, 0.29) is 24.1 Å². The number of nitrogens with one attached hydrogen (secondary N) is 1. The normalized spacial score (nSPS) is 22.4. The number of imidazole rings is 1. The molecule has 6 aromatic rings. The third kappa shape index (κ3) is 6.47. The molecule has 1 unspecified atom stereocenters. The van der Waals surface area contributed by atoms with Gasteiger partial charge in [-0.2, -0.15) is 5.10 Å². The van der Waals surface area contributed by atoms with Crippen molar-refractivity contribution in [2.24, 2.45) is 7.05 Å². The van der Waals surface area contributed by atoms with Gasteiger partial charge in [-0.1, -0.05) is 18.2 Å². The third-order valence-electron chi connectivity index (χ3n) is 12.8. The van der Waals surface area contributed by atoms with Crippen LogP contribution in [0.1, 0.15) is 50.6 Å². The lowest BCUT2D eigenvalue weighted by molar-refractivity contribution is -0.135. The van der Waals surface area contributed by atoms with Crippen molar-refractivity contribution in [3.05, 3.63) is 89.6 Å². The van der Waals surface area contributed by atoms with Crippen LogP contribution in [-0.2, 0) is 16.6 Å². The molecule has 3 saturated heterocycles. The second kappa shape index (κ2) is 14.7. The van der Waals surface area contributed by atoms with Gasteiger partial charge in [0.1, 0.15) is 35.4 Å². The van der Waals surface area contributed by atoms with Gasteiger partial charge in [-0.15, -0.1) is 0 Å². The van der Waals surface area contributed by atoms with Gasteiger partial charge < -0.3 is 15.4 Å². The van der Waals surface area contributed by atoms with Crippen molar-refractivity contribution >= 4 is 45.4 Å². The maximum Gasteiger partial charge on any atom is 0.329 e. The maximum absolute atomic E-state index is 13.2. The van der Waals surface area contributed by atoms with Gasteiger partial charge >= 0.3 is 5.69 Å². The van der Waals surface area contributed by atoms with Gasteiger partial charge in [-0.05, 0) is 86.7 Å². The zero-order valence-electron chi connectivity index (χ0n) is 32.5. The minimum absolute atomic E-state index is 0.225. The summed E-state index contributed by atoms with van der Waals surface area (Å²) in [4.78, 5) is 54.3. The Morgan fingerprint density at radius 2 is 1.45 bits per heavy atom. The first-order chi connectivity index (χ1) is 28.3. The van der Waals surface area contributed by atoms with Gasteiger partial charge in [0.25, 0.3) is 0 Å². The average Bonchev–Trinajstić information content (AvgIpc) is 3.74. The first-order valence-electron chi connectivity index (χ1n) is 20.4. The fraction of sp³-hybridized carbons (Fsp3) is 0.395. The Morgan fingerprint density at radius 3 is 2.17 bits per heavy atom. The van der Waals surface area contributed by atoms with Crippen LogP contribution in [0.15, 0.2) is 83.9 Å². The zero-order chi connectivity index (χ0) is 39.5. The zero-order valence-corrected chi connectivity index (χ0v) is 32.5. The summed E-state index contributed by atoms with van der Waals surface area (Å²) in [6, 6.07) is 24.3. The number of anilines is 2. The molecule has 4 fully saturated rings. The number of carbonyl (C=O) groups excluding carboxylic acids is 2. The number of nitrogens with zero attached hydrogens (tertiary/aromatic N) is 9. The summed E-state index contributed by atoms with van der Waals surface area (Å²) < 4.78 is 11.3. The largest absolute Gasteiger partial charge is 0.457 e. The van der Waals surface area contributed by atoms with Crippen molar-refractivity contribution in [2.75, 3.05) is 49.9 Å². The minimum atomic E-state index is -0.682. The Balaban J connectivity index is 0.745. The van der Waals surface area contributed by atoms with E-state index >= 15 is 0 Å². The average molecular weight is 782 g/mol. The lowest BCUT2D eigenvalue weighted by Gasteiger charge is -2.50. The number of rotatable bonds is 8. The summed E-state index contributed by atoms with van der Waals surface area (Å²) in [6.45, 7) is 6.13. The number of piperidine rings is 1. The van der Waals surface area contributed by atoms with Crippen LogP contribution in [0.25, 0.3) is 33.3 Å². The number of hydrogen-bond donors (Lipinski definition) is 2. The number of nitrogens with two attached hydrogens (primary N) is 1. The van der Waals surface area contributed by atoms with E-state index in [1.54, 1.807) is 11.6 Å². The Morgan fingerprint density at radius 1 is 0.759 bits per heavy atom. The first-order valence-corrected chi connectivity index (χ1v) is 20.4. The number of nitrogen functional groups attached to an aromatic ring is 1. The Labute approximate surface area is 335 Å². The smallest absolute Gasteiger partial charge is 0.329 e. The van der Waals surface area contributed by atoms with Crippen LogP contribution in [0, 0.1) is 0 Å². The topological polar surface area (TPSA) is 162 Å². The van der Waals surface area contributed by atoms with E-state index < -0.39 is 11.9 Å². The van der Waals surface area contributed by atoms with Crippen molar-refractivity contribution in [3.63, 3.8) is 0 Å². The van der Waals surface area contributed by atoms with Crippen molar-refractivity contribution < 1.29 is 14.3 Å². The Kier molecular flexibility index (Phi) is 9.20. The van der Waals surface area contributed by atoms with E-state index in [2.05, 4.69) is 40.7 Å². The number of aryl methyl sites for hydroxylation is 1. The standard InChI is InChI=1S/C43H47N11O4/c1-49-36-23-30(13-16-34(36)53(43(49)57)35-17-18-37(55)47-42(35)56)52-24-31(25-52)51-21-19-50(20-22-51)28-9-11-29(12-10-28)54-41-38(40(44)45-26-46-41)39(48-54)27-7-14-33(15-8-27)58-32-5-3-2-4-6-32/h2-8,13-16,23,26,28-29,31,35H,9-12,17-22,24-25H2,1H3,(H2,44,45,46)(H,47,55,56). The fourth-order valence-corrected chi connectivity index (χ4v) is 9.57. The van der Waals surface area contributed by atoms with Crippen LogP contribution in [-0.4, -0.2) is 102 Å². The fourth-order valence-electron chi connectivity index (χ4n) is 9.57. The number of aromatic nitrogens is 6. The third-order valence-corrected chi connectivity index (χ3v) is 12.8. The molecule has 298 valence electrons. The number of carbonyl (C=O) groups is 2. The van der Waals surface area contributed by atoms with E-state index in [0.29, 0.717) is 29.8 Å². The van der Waals surface area contributed by atoms with Crippen LogP contribution in [0.5, 0.6) is 11.5 Å². The lowest BCUT2D eigenvalue weighted by Crippen LogP contribution is -2.64. The van der Waals surface area contributed by atoms with Crippen molar-refractivity contribution in [2.45, 2.75) is 62.7 Å². The van der Waals surface area contributed by atoms with Gasteiger partial charge in [0.05, 0.1) is 22.5 Å². The van der Waals surface area contributed by atoms with Crippen LogP contribution in [0.4, 0.5) is 11.5 Å². The summed E-state index contributed by atoms with van der Waals surface area (Å²) >= 11 is 0. The van der Waals surface area contributed by atoms with Gasteiger partial charge in [-0.3, -0.25) is 33.8 Å². The second-order valence-electron chi connectivity index (χ2n) is 16.1. The number of para-hydroxylation sites is 1. The van der Waals surface area contributed by atoms with Gasteiger partial charge in [0.15, 0.2) is 5.65 Å². The van der Waals surface area contributed by atoms with Gasteiger partial charge in [-0.25, -0.2) is 19.4 Å². The van der Waals surface area contributed by atoms with Crippen LogP contribution >= 0.6 is 0 Å². The van der Waals surface area contributed by atoms with Crippen molar-refractivity contribution in [1.29, 1.82) is 0 Å². The molecule has 0 radical (unpaired) electrons. The monoisotopic (exact) mass is 781 g/mol. The summed E-state index contributed by atoms with van der Waals surface area (Å²) in [7, 11) is 1.74. The van der Waals surface area contributed by atoms with E-state index in [0.717, 1.165) is 110 Å². The molecule has 3 aromatic carbocycles. The lowest BCUT2D eigenvalue weighted by atomic mass is 9.89. The molecule has 15 heteroatoms. The molecule has 3 aliphatic heterocycles. The molecule has 3 aromatic heterocycles. The molecular formula is C43H47N11O4. The molecule has 3 N–H and O–H groups in total. The quantitative estimate of drug-likeness (QED) is 0.210. The van der Waals surface area contributed by atoms with E-state index in [1.807, 2.05) is 66.7 Å². The minimum Gasteiger partial charge on any atom is -0.457 e. The summed E-state index contributed by atoms with van der Waals surface area (Å²) in [5.41, 5.74) is 11.3. The molecule has 0 bridgehead atoms. The van der Waals surface area contributed by atoms with Crippen molar-refractivity contribution in [1.82, 2.24) is 44.0 Å². The van der Waals surface area contributed by atoms with E-state index in [4.69, 9.17) is 15.6 Å². The highest BCUT2D eigenvalue weighted by atomic mass is 16.5. The number of benzene rings is 3. The van der Waals surface area contributed by atoms with Crippen molar-refractivity contribution in [3.8, 4) is 22.8 Å². The van der Waals surface area contributed by atoms with E-state index in [1.165, 1.54) is 10.9 Å². The number of amides is 2. The highest BCUT2D eigenvalue weighted by Gasteiger charge is 2.37.